The number of phenols is 1. The molecule has 2 nitrogen and oxygen atoms in total. The van der Waals surface area contributed by atoms with Crippen molar-refractivity contribution in [1.82, 2.24) is 0 Å². The number of aromatic hydroxyl groups is 1. The second kappa shape index (κ2) is 3.00. The first-order valence-electron chi connectivity index (χ1n) is 2.79. The van der Waals surface area contributed by atoms with E-state index in [1.165, 1.54) is 6.07 Å². The van der Waals surface area contributed by atoms with Crippen molar-refractivity contribution in [2.24, 2.45) is 0 Å². The van der Waals surface area contributed by atoms with Crippen LogP contribution in [0, 0.1) is 5.82 Å². The number of aldehydes is 1. The van der Waals surface area contributed by atoms with Crippen LogP contribution >= 0.6 is 15.9 Å². The van der Waals surface area contributed by atoms with Gasteiger partial charge in [0.1, 0.15) is 11.6 Å². The molecule has 0 aliphatic heterocycles. The van der Waals surface area contributed by atoms with Crippen molar-refractivity contribution in [2.75, 3.05) is 0 Å². The summed E-state index contributed by atoms with van der Waals surface area (Å²) < 4.78 is 12.5. The van der Waals surface area contributed by atoms with Crippen molar-refractivity contribution >= 4 is 22.2 Å². The highest BCUT2D eigenvalue weighted by atomic mass is 79.9. The van der Waals surface area contributed by atoms with Crippen LogP contribution in [0.15, 0.2) is 16.6 Å². The molecule has 0 fully saturated rings. The van der Waals surface area contributed by atoms with Crippen LogP contribution in [0.2, 0.25) is 0 Å². The molecule has 1 rings (SSSR count). The van der Waals surface area contributed by atoms with E-state index in [-0.39, 0.29) is 15.8 Å². The van der Waals surface area contributed by atoms with Crippen molar-refractivity contribution in [3.8, 4) is 5.75 Å². The summed E-state index contributed by atoms with van der Waals surface area (Å²) in [6.07, 6.45) is 0.458. The molecule has 0 aromatic heterocycles. The van der Waals surface area contributed by atoms with E-state index in [0.717, 1.165) is 6.07 Å². The smallest absolute Gasteiger partial charge is 0.153 e. The second-order valence-corrected chi connectivity index (χ2v) is 2.71. The van der Waals surface area contributed by atoms with Crippen LogP contribution in [0.3, 0.4) is 0 Å². The number of hydrogen-bond donors (Lipinski definition) is 1. The zero-order chi connectivity index (χ0) is 8.43. The van der Waals surface area contributed by atoms with Gasteiger partial charge < -0.3 is 5.11 Å². The molecule has 11 heavy (non-hydrogen) atoms. The van der Waals surface area contributed by atoms with Crippen LogP contribution in [0.5, 0.6) is 5.75 Å². The molecule has 0 aliphatic rings. The van der Waals surface area contributed by atoms with Gasteiger partial charge in [-0.2, -0.15) is 0 Å². The maximum Gasteiger partial charge on any atom is 0.153 e. The Labute approximate surface area is 70.8 Å². The number of halogens is 2. The van der Waals surface area contributed by atoms with Crippen LogP contribution in [0.1, 0.15) is 10.4 Å². The van der Waals surface area contributed by atoms with Crippen LogP contribution in [-0.2, 0) is 0 Å². The minimum atomic E-state index is -0.590. The van der Waals surface area contributed by atoms with E-state index in [4.69, 9.17) is 5.11 Å². The van der Waals surface area contributed by atoms with Crippen molar-refractivity contribution in [3.05, 3.63) is 28.0 Å². The lowest BCUT2D eigenvalue weighted by atomic mass is 10.2. The van der Waals surface area contributed by atoms with Gasteiger partial charge in [-0.1, -0.05) is 0 Å². The molecule has 0 bridgehead atoms. The number of phenolic OH excluding ortho intramolecular Hbond substituents is 1. The topological polar surface area (TPSA) is 37.3 Å². The standard InChI is InChI=1S/C7H4BrFO2/c8-6-5(9)2-1-4(3-10)7(6)11/h1-3,11H. The van der Waals surface area contributed by atoms with Gasteiger partial charge in [0.25, 0.3) is 0 Å². The summed E-state index contributed by atoms with van der Waals surface area (Å²) in [5.41, 5.74) is 0.0678. The zero-order valence-electron chi connectivity index (χ0n) is 5.34. The molecule has 0 aliphatic carbocycles. The summed E-state index contributed by atoms with van der Waals surface area (Å²) >= 11 is 2.79. The Morgan fingerprint density at radius 2 is 2.18 bits per heavy atom. The summed E-state index contributed by atoms with van der Waals surface area (Å²) in [6, 6.07) is 2.32. The van der Waals surface area contributed by atoms with Gasteiger partial charge in [-0.3, -0.25) is 4.79 Å². The van der Waals surface area contributed by atoms with Crippen molar-refractivity contribution < 1.29 is 14.3 Å². The molecular formula is C7H4BrFO2. The Morgan fingerprint density at radius 1 is 1.55 bits per heavy atom. The quantitative estimate of drug-likeness (QED) is 0.734. The molecular weight excluding hydrogens is 215 g/mol. The predicted octanol–water partition coefficient (Wildman–Crippen LogP) is 2.11. The molecule has 0 atom stereocenters. The molecule has 1 aromatic rings. The Balaban J connectivity index is 3.36. The summed E-state index contributed by atoms with van der Waals surface area (Å²) in [5.74, 6) is -0.951. The van der Waals surface area contributed by atoms with Crippen molar-refractivity contribution in [1.29, 1.82) is 0 Å². The van der Waals surface area contributed by atoms with Crippen molar-refractivity contribution in [3.63, 3.8) is 0 Å². The summed E-state index contributed by atoms with van der Waals surface area (Å²) in [6.45, 7) is 0. The fraction of sp³-hybridized carbons (Fsp3) is 0. The molecule has 0 saturated carbocycles. The SMILES string of the molecule is O=Cc1ccc(F)c(Br)c1O. The Morgan fingerprint density at radius 3 is 2.73 bits per heavy atom. The minimum Gasteiger partial charge on any atom is -0.506 e. The highest BCUT2D eigenvalue weighted by molar-refractivity contribution is 9.10. The first-order valence-corrected chi connectivity index (χ1v) is 3.58. The van der Waals surface area contributed by atoms with E-state index in [0.29, 0.717) is 6.29 Å². The Hall–Kier alpha value is -0.900. The lowest BCUT2D eigenvalue weighted by molar-refractivity contribution is 0.112. The lowest BCUT2D eigenvalue weighted by Crippen LogP contribution is -1.85. The van der Waals surface area contributed by atoms with Gasteiger partial charge in [0.05, 0.1) is 10.0 Å². The molecule has 0 unspecified atom stereocenters. The van der Waals surface area contributed by atoms with Crippen LogP contribution in [-0.4, -0.2) is 11.4 Å². The van der Waals surface area contributed by atoms with Gasteiger partial charge in [0.2, 0.25) is 0 Å². The number of carbonyl (C=O) groups excluding carboxylic acids is 1. The molecule has 0 amide bonds. The molecule has 58 valence electrons. The number of rotatable bonds is 1. The number of hydrogen-bond acceptors (Lipinski definition) is 2. The molecule has 0 saturated heterocycles. The third kappa shape index (κ3) is 1.40. The summed E-state index contributed by atoms with van der Waals surface area (Å²) in [4.78, 5) is 10.2. The van der Waals surface area contributed by atoms with Gasteiger partial charge in [-0.05, 0) is 28.1 Å². The summed E-state index contributed by atoms with van der Waals surface area (Å²) in [5, 5.41) is 9.06. The monoisotopic (exact) mass is 218 g/mol. The summed E-state index contributed by atoms with van der Waals surface area (Å²) in [7, 11) is 0. The van der Waals surface area contributed by atoms with Gasteiger partial charge in [0, 0.05) is 0 Å². The maximum absolute atomic E-state index is 12.6. The average Bonchev–Trinajstić information content (AvgIpc) is 2.01. The third-order valence-electron chi connectivity index (χ3n) is 1.23. The van der Waals surface area contributed by atoms with E-state index < -0.39 is 5.82 Å². The highest BCUT2D eigenvalue weighted by Crippen LogP contribution is 2.28. The molecule has 0 heterocycles. The first-order chi connectivity index (χ1) is 5.16. The first kappa shape index (κ1) is 8.20. The molecule has 0 radical (unpaired) electrons. The Bertz CT molecular complexity index is 299. The Kier molecular flexibility index (Phi) is 2.24. The number of carbonyl (C=O) groups is 1. The zero-order valence-corrected chi connectivity index (χ0v) is 6.93. The normalized spacial score (nSPS) is 9.64. The van der Waals surface area contributed by atoms with E-state index >= 15 is 0 Å². The largest absolute Gasteiger partial charge is 0.506 e. The van der Waals surface area contributed by atoms with Gasteiger partial charge in [-0.15, -0.1) is 0 Å². The fourth-order valence-corrected chi connectivity index (χ4v) is 1.01. The molecule has 1 aromatic carbocycles. The van der Waals surface area contributed by atoms with E-state index in [1.54, 1.807) is 0 Å². The van der Waals surface area contributed by atoms with Crippen molar-refractivity contribution in [2.45, 2.75) is 0 Å². The van der Waals surface area contributed by atoms with Gasteiger partial charge in [-0.25, -0.2) is 4.39 Å². The second-order valence-electron chi connectivity index (χ2n) is 1.92. The van der Waals surface area contributed by atoms with Crippen LogP contribution in [0.4, 0.5) is 4.39 Å². The lowest BCUT2D eigenvalue weighted by Gasteiger charge is -1.99. The van der Waals surface area contributed by atoms with E-state index in [9.17, 15) is 9.18 Å². The molecule has 4 heteroatoms. The maximum atomic E-state index is 12.6. The van der Waals surface area contributed by atoms with Gasteiger partial charge >= 0.3 is 0 Å². The minimum absolute atomic E-state index is 0.0678. The van der Waals surface area contributed by atoms with E-state index in [1.807, 2.05) is 0 Å². The van der Waals surface area contributed by atoms with Gasteiger partial charge in [0.15, 0.2) is 6.29 Å². The predicted molar refractivity (Wildman–Crippen MR) is 41.2 cm³/mol. The average molecular weight is 219 g/mol. The highest BCUT2D eigenvalue weighted by Gasteiger charge is 2.08. The number of benzene rings is 1. The van der Waals surface area contributed by atoms with Crippen LogP contribution < -0.4 is 0 Å². The van der Waals surface area contributed by atoms with Crippen LogP contribution in [0.25, 0.3) is 0 Å². The molecule has 1 N–H and O–H groups in total. The molecule has 0 spiro atoms. The third-order valence-corrected chi connectivity index (χ3v) is 1.98. The fourth-order valence-electron chi connectivity index (χ4n) is 0.650. The van der Waals surface area contributed by atoms with E-state index in [2.05, 4.69) is 15.9 Å².